The van der Waals surface area contributed by atoms with Gasteiger partial charge >= 0.3 is 0 Å². The molecule has 1 atom stereocenters. The predicted octanol–water partition coefficient (Wildman–Crippen LogP) is 3.40. The zero-order valence-corrected chi connectivity index (χ0v) is 11.4. The number of hydrogen-bond donors (Lipinski definition) is 1. The van der Waals surface area contributed by atoms with Crippen LogP contribution in [0.1, 0.15) is 17.2 Å². The van der Waals surface area contributed by atoms with E-state index in [-0.39, 0.29) is 12.4 Å². The van der Waals surface area contributed by atoms with Gasteiger partial charge in [0.1, 0.15) is 11.9 Å². The highest BCUT2D eigenvalue weighted by Crippen LogP contribution is 2.36. The molecule has 0 aromatic heterocycles. The molecule has 0 saturated carbocycles. The first-order valence-corrected chi connectivity index (χ1v) is 6.47. The molecule has 1 aliphatic heterocycles. The Hall–Kier alpha value is -1.59. The fourth-order valence-corrected chi connectivity index (χ4v) is 2.37. The van der Waals surface area contributed by atoms with E-state index >= 15 is 0 Å². The molecule has 0 spiro atoms. The van der Waals surface area contributed by atoms with E-state index in [0.29, 0.717) is 21.5 Å². The Morgan fingerprint density at radius 1 is 1.11 bits per heavy atom. The molecule has 3 nitrogen and oxygen atoms in total. The number of benzene rings is 2. The van der Waals surface area contributed by atoms with Gasteiger partial charge in [0, 0.05) is 10.0 Å². The van der Waals surface area contributed by atoms with E-state index < -0.39 is 11.9 Å². The van der Waals surface area contributed by atoms with Gasteiger partial charge in [0.2, 0.25) is 6.79 Å². The fourth-order valence-electron chi connectivity index (χ4n) is 1.99. The van der Waals surface area contributed by atoms with Gasteiger partial charge in [-0.05, 0) is 35.9 Å². The quantitative estimate of drug-likeness (QED) is 0.920. The summed E-state index contributed by atoms with van der Waals surface area (Å²) in [6.07, 6.45) is -1.05. The number of aliphatic hydroxyl groups is 1. The summed E-state index contributed by atoms with van der Waals surface area (Å²) >= 11 is 3.26. The van der Waals surface area contributed by atoms with Crippen LogP contribution < -0.4 is 9.47 Å². The maximum atomic E-state index is 13.7. The van der Waals surface area contributed by atoms with Crippen molar-refractivity contribution < 1.29 is 19.0 Å². The molecule has 5 heteroatoms. The van der Waals surface area contributed by atoms with Crippen molar-refractivity contribution in [3.05, 3.63) is 57.8 Å². The molecule has 1 heterocycles. The molecule has 98 valence electrons. The average Bonchev–Trinajstić information content (AvgIpc) is 2.88. The summed E-state index contributed by atoms with van der Waals surface area (Å²) in [7, 11) is 0. The van der Waals surface area contributed by atoms with Crippen LogP contribution in [0, 0.1) is 5.82 Å². The predicted molar refractivity (Wildman–Crippen MR) is 70.7 cm³/mol. The number of aliphatic hydroxyl groups excluding tert-OH is 1. The average molecular weight is 325 g/mol. The SMILES string of the molecule is OC(c1ccc2c(c1)OCO2)c1cc(Br)ccc1F. The molecule has 2 aromatic rings. The van der Waals surface area contributed by atoms with Gasteiger partial charge in [-0.2, -0.15) is 0 Å². The molecular formula is C14H10BrFO3. The molecule has 1 aliphatic rings. The second-order valence-electron chi connectivity index (χ2n) is 4.18. The van der Waals surface area contributed by atoms with E-state index in [1.807, 2.05) is 0 Å². The van der Waals surface area contributed by atoms with E-state index in [0.717, 1.165) is 0 Å². The maximum Gasteiger partial charge on any atom is 0.231 e. The summed E-state index contributed by atoms with van der Waals surface area (Å²) in [5, 5.41) is 10.3. The van der Waals surface area contributed by atoms with Crippen LogP contribution in [-0.4, -0.2) is 11.9 Å². The smallest absolute Gasteiger partial charge is 0.231 e. The van der Waals surface area contributed by atoms with Crippen LogP contribution >= 0.6 is 15.9 Å². The molecule has 19 heavy (non-hydrogen) atoms. The van der Waals surface area contributed by atoms with Crippen molar-refractivity contribution in [2.24, 2.45) is 0 Å². The van der Waals surface area contributed by atoms with Gasteiger partial charge in [-0.3, -0.25) is 0 Å². The van der Waals surface area contributed by atoms with E-state index in [1.165, 1.54) is 6.07 Å². The topological polar surface area (TPSA) is 38.7 Å². The molecule has 1 N–H and O–H groups in total. The summed E-state index contributed by atoms with van der Waals surface area (Å²) in [4.78, 5) is 0. The van der Waals surface area contributed by atoms with Crippen molar-refractivity contribution in [2.45, 2.75) is 6.10 Å². The first kappa shape index (κ1) is 12.4. The van der Waals surface area contributed by atoms with Crippen LogP contribution in [0.3, 0.4) is 0 Å². The van der Waals surface area contributed by atoms with Crippen molar-refractivity contribution in [3.63, 3.8) is 0 Å². The van der Waals surface area contributed by atoms with E-state index in [9.17, 15) is 9.50 Å². The zero-order valence-electron chi connectivity index (χ0n) is 9.77. The van der Waals surface area contributed by atoms with Crippen molar-refractivity contribution in [2.75, 3.05) is 6.79 Å². The molecular weight excluding hydrogens is 315 g/mol. The number of rotatable bonds is 2. The summed E-state index contributed by atoms with van der Waals surface area (Å²) in [6, 6.07) is 9.52. The third-order valence-corrected chi connectivity index (χ3v) is 3.46. The van der Waals surface area contributed by atoms with E-state index in [2.05, 4.69) is 15.9 Å². The van der Waals surface area contributed by atoms with Gasteiger partial charge in [-0.15, -0.1) is 0 Å². The zero-order chi connectivity index (χ0) is 13.4. The molecule has 0 amide bonds. The summed E-state index contributed by atoms with van der Waals surface area (Å²) in [6.45, 7) is 0.167. The molecule has 3 rings (SSSR count). The minimum atomic E-state index is -1.05. The van der Waals surface area contributed by atoms with Crippen molar-refractivity contribution in [1.82, 2.24) is 0 Å². The molecule has 1 unspecified atom stereocenters. The van der Waals surface area contributed by atoms with Gasteiger partial charge < -0.3 is 14.6 Å². The number of halogens is 2. The van der Waals surface area contributed by atoms with Crippen LogP contribution in [0.25, 0.3) is 0 Å². The lowest BCUT2D eigenvalue weighted by molar-refractivity contribution is 0.173. The largest absolute Gasteiger partial charge is 0.454 e. The molecule has 0 radical (unpaired) electrons. The minimum Gasteiger partial charge on any atom is -0.454 e. The van der Waals surface area contributed by atoms with E-state index in [1.54, 1.807) is 30.3 Å². The monoisotopic (exact) mass is 324 g/mol. The lowest BCUT2D eigenvalue weighted by atomic mass is 10.0. The number of fused-ring (bicyclic) bond motifs is 1. The van der Waals surface area contributed by atoms with Crippen LogP contribution in [0.4, 0.5) is 4.39 Å². The number of hydrogen-bond acceptors (Lipinski definition) is 3. The van der Waals surface area contributed by atoms with Gasteiger partial charge in [0.25, 0.3) is 0 Å². The lowest BCUT2D eigenvalue weighted by Gasteiger charge is -2.13. The Bertz CT molecular complexity index is 630. The molecule has 0 aliphatic carbocycles. The van der Waals surface area contributed by atoms with Crippen molar-refractivity contribution in [1.29, 1.82) is 0 Å². The van der Waals surface area contributed by atoms with Gasteiger partial charge in [0.05, 0.1) is 0 Å². The highest BCUT2D eigenvalue weighted by atomic mass is 79.9. The highest BCUT2D eigenvalue weighted by Gasteiger charge is 2.19. The maximum absolute atomic E-state index is 13.7. The van der Waals surface area contributed by atoms with Crippen LogP contribution in [0.15, 0.2) is 40.9 Å². The molecule has 0 saturated heterocycles. The fraction of sp³-hybridized carbons (Fsp3) is 0.143. The molecule has 0 fully saturated rings. The third-order valence-electron chi connectivity index (χ3n) is 2.96. The van der Waals surface area contributed by atoms with Gasteiger partial charge in [0.15, 0.2) is 11.5 Å². The Morgan fingerprint density at radius 2 is 1.89 bits per heavy atom. The van der Waals surface area contributed by atoms with Crippen LogP contribution in [0.5, 0.6) is 11.5 Å². The van der Waals surface area contributed by atoms with E-state index in [4.69, 9.17) is 9.47 Å². The second kappa shape index (κ2) is 4.83. The Kier molecular flexibility index (Phi) is 3.16. The lowest BCUT2D eigenvalue weighted by Crippen LogP contribution is -2.02. The standard InChI is InChI=1S/C14H10BrFO3/c15-9-2-3-11(16)10(6-9)14(17)8-1-4-12-13(5-8)19-7-18-12/h1-6,14,17H,7H2. The molecule has 2 aromatic carbocycles. The molecule has 0 bridgehead atoms. The van der Waals surface area contributed by atoms with Crippen molar-refractivity contribution >= 4 is 15.9 Å². The second-order valence-corrected chi connectivity index (χ2v) is 5.10. The van der Waals surface area contributed by atoms with Crippen LogP contribution in [0.2, 0.25) is 0 Å². The first-order valence-electron chi connectivity index (χ1n) is 5.68. The first-order chi connectivity index (χ1) is 9.15. The van der Waals surface area contributed by atoms with Gasteiger partial charge in [-0.25, -0.2) is 4.39 Å². The Labute approximate surface area is 117 Å². The Morgan fingerprint density at radius 3 is 2.74 bits per heavy atom. The summed E-state index contributed by atoms with van der Waals surface area (Å²) in [5.41, 5.74) is 0.773. The highest BCUT2D eigenvalue weighted by molar-refractivity contribution is 9.10. The van der Waals surface area contributed by atoms with Crippen molar-refractivity contribution in [3.8, 4) is 11.5 Å². The summed E-state index contributed by atoms with van der Waals surface area (Å²) in [5.74, 6) is 0.742. The Balaban J connectivity index is 1.99. The van der Waals surface area contributed by atoms with Gasteiger partial charge in [-0.1, -0.05) is 22.0 Å². The summed E-state index contributed by atoms with van der Waals surface area (Å²) < 4.78 is 24.9. The number of ether oxygens (including phenoxy) is 2. The van der Waals surface area contributed by atoms with Crippen LogP contribution in [-0.2, 0) is 0 Å². The third kappa shape index (κ3) is 2.31. The normalized spacial score (nSPS) is 14.5. The minimum absolute atomic E-state index is 0.167.